The summed E-state index contributed by atoms with van der Waals surface area (Å²) >= 11 is 4.94. The second-order valence-corrected chi connectivity index (χ2v) is 4.61. The number of carbonyl (C=O) groups is 1. The van der Waals surface area contributed by atoms with Gasteiger partial charge in [-0.2, -0.15) is 0 Å². The number of hydrogen-bond donors (Lipinski definition) is 2. The Morgan fingerprint density at radius 1 is 1.56 bits per heavy atom. The number of ether oxygens (including phenoxy) is 1. The quantitative estimate of drug-likeness (QED) is 0.708. The molecule has 0 radical (unpaired) electrons. The fourth-order valence-electron chi connectivity index (χ4n) is 1.82. The van der Waals surface area contributed by atoms with Gasteiger partial charge in [0.05, 0.1) is 11.0 Å². The van der Waals surface area contributed by atoms with E-state index in [4.69, 9.17) is 22.7 Å². The lowest BCUT2D eigenvalue weighted by atomic mass is 9.98. The summed E-state index contributed by atoms with van der Waals surface area (Å²) in [6.07, 6.45) is 3.35. The third-order valence-corrected chi connectivity index (χ3v) is 3.11. The van der Waals surface area contributed by atoms with Crippen molar-refractivity contribution in [3.05, 3.63) is 0 Å². The van der Waals surface area contributed by atoms with Gasteiger partial charge < -0.3 is 15.8 Å². The predicted molar refractivity (Wildman–Crippen MR) is 67.2 cm³/mol. The monoisotopic (exact) mass is 244 g/mol. The van der Waals surface area contributed by atoms with Gasteiger partial charge in [0.25, 0.3) is 0 Å². The first-order valence-electron chi connectivity index (χ1n) is 5.82. The van der Waals surface area contributed by atoms with Crippen molar-refractivity contribution in [2.75, 3.05) is 13.2 Å². The van der Waals surface area contributed by atoms with E-state index in [2.05, 4.69) is 5.32 Å². The summed E-state index contributed by atoms with van der Waals surface area (Å²) < 4.78 is 5.22. The molecule has 0 aromatic carbocycles. The van der Waals surface area contributed by atoms with Crippen LogP contribution in [-0.2, 0) is 9.53 Å². The molecule has 1 aliphatic rings. The summed E-state index contributed by atoms with van der Waals surface area (Å²) in [5.74, 6) is 0.122. The average Bonchev–Trinajstić information content (AvgIpc) is 2.29. The molecule has 0 saturated carbocycles. The van der Waals surface area contributed by atoms with Crippen LogP contribution in [0.5, 0.6) is 0 Å². The summed E-state index contributed by atoms with van der Waals surface area (Å²) in [6, 6.07) is -0.157. The molecule has 1 amide bonds. The summed E-state index contributed by atoms with van der Waals surface area (Å²) in [5, 5.41) is 2.93. The lowest BCUT2D eigenvalue weighted by Crippen LogP contribution is -2.46. The number of carbonyl (C=O) groups excluding carboxylic acids is 1. The zero-order valence-corrected chi connectivity index (χ0v) is 10.5. The van der Waals surface area contributed by atoms with Crippen molar-refractivity contribution in [3.63, 3.8) is 0 Å². The molecular weight excluding hydrogens is 224 g/mol. The third kappa shape index (κ3) is 4.06. The Labute approximate surface area is 102 Å². The zero-order chi connectivity index (χ0) is 12.0. The highest BCUT2D eigenvalue weighted by atomic mass is 32.1. The molecule has 1 unspecified atom stereocenters. The van der Waals surface area contributed by atoms with Crippen LogP contribution in [-0.4, -0.2) is 30.2 Å². The molecule has 92 valence electrons. The highest BCUT2D eigenvalue weighted by Gasteiger charge is 2.24. The van der Waals surface area contributed by atoms with E-state index in [0.717, 1.165) is 25.7 Å². The van der Waals surface area contributed by atoms with Gasteiger partial charge in [-0.1, -0.05) is 25.6 Å². The molecule has 1 aliphatic heterocycles. The molecule has 1 fully saturated rings. The van der Waals surface area contributed by atoms with Crippen molar-refractivity contribution in [2.24, 2.45) is 11.7 Å². The number of nitrogens with two attached hydrogens (primary N) is 1. The average molecular weight is 244 g/mol. The van der Waals surface area contributed by atoms with E-state index in [-0.39, 0.29) is 17.9 Å². The number of amides is 1. The Balaban J connectivity index is 2.43. The lowest BCUT2D eigenvalue weighted by molar-refractivity contribution is -0.128. The van der Waals surface area contributed by atoms with Crippen LogP contribution in [0.4, 0.5) is 0 Å². The summed E-state index contributed by atoms with van der Waals surface area (Å²) in [6.45, 7) is 3.39. The standard InChI is InChI=1S/C11H20N2O2S/c1-2-3-9(10(12)16)13-11(14)8-4-6-15-7-5-8/h8-9H,2-7H2,1H3,(H2,12,16)(H,13,14). The largest absolute Gasteiger partial charge is 0.392 e. The summed E-state index contributed by atoms with van der Waals surface area (Å²) in [4.78, 5) is 12.3. The van der Waals surface area contributed by atoms with Gasteiger partial charge in [-0.3, -0.25) is 4.79 Å². The molecular formula is C11H20N2O2S. The minimum Gasteiger partial charge on any atom is -0.392 e. The smallest absolute Gasteiger partial charge is 0.223 e. The predicted octanol–water partition coefficient (Wildman–Crippen LogP) is 0.984. The maximum Gasteiger partial charge on any atom is 0.223 e. The fourth-order valence-corrected chi connectivity index (χ4v) is 2.00. The minimum atomic E-state index is -0.157. The minimum absolute atomic E-state index is 0.0578. The number of rotatable bonds is 5. The summed E-state index contributed by atoms with van der Waals surface area (Å²) in [5.41, 5.74) is 5.59. The number of hydrogen-bond acceptors (Lipinski definition) is 3. The van der Waals surface area contributed by atoms with Gasteiger partial charge >= 0.3 is 0 Å². The molecule has 16 heavy (non-hydrogen) atoms. The first-order valence-corrected chi connectivity index (χ1v) is 6.23. The van der Waals surface area contributed by atoms with Crippen molar-refractivity contribution in [1.29, 1.82) is 0 Å². The van der Waals surface area contributed by atoms with Crippen LogP contribution in [0.3, 0.4) is 0 Å². The maximum absolute atomic E-state index is 11.9. The Morgan fingerprint density at radius 3 is 2.69 bits per heavy atom. The molecule has 0 aliphatic carbocycles. The van der Waals surface area contributed by atoms with Gasteiger partial charge in [-0.15, -0.1) is 0 Å². The first kappa shape index (κ1) is 13.4. The van der Waals surface area contributed by atoms with Gasteiger partial charge in [0.15, 0.2) is 0 Å². The van der Waals surface area contributed by atoms with E-state index in [1.54, 1.807) is 0 Å². The molecule has 1 rings (SSSR count). The molecule has 4 nitrogen and oxygen atoms in total. The van der Waals surface area contributed by atoms with E-state index in [0.29, 0.717) is 18.2 Å². The third-order valence-electron chi connectivity index (χ3n) is 2.83. The molecule has 1 heterocycles. The van der Waals surface area contributed by atoms with Gasteiger partial charge in [0.2, 0.25) is 5.91 Å². The lowest BCUT2D eigenvalue weighted by Gasteiger charge is -2.24. The van der Waals surface area contributed by atoms with E-state index in [9.17, 15) is 4.79 Å². The molecule has 1 atom stereocenters. The van der Waals surface area contributed by atoms with Gasteiger partial charge in [0.1, 0.15) is 0 Å². The van der Waals surface area contributed by atoms with E-state index in [1.807, 2.05) is 6.92 Å². The van der Waals surface area contributed by atoms with Crippen molar-refractivity contribution in [2.45, 2.75) is 38.6 Å². The van der Waals surface area contributed by atoms with Gasteiger partial charge in [-0.25, -0.2) is 0 Å². The van der Waals surface area contributed by atoms with Crippen LogP contribution in [0.15, 0.2) is 0 Å². The van der Waals surface area contributed by atoms with Gasteiger partial charge in [-0.05, 0) is 19.3 Å². The molecule has 0 spiro atoms. The molecule has 0 aromatic heterocycles. The first-order chi connectivity index (χ1) is 7.65. The second-order valence-electron chi connectivity index (χ2n) is 4.14. The molecule has 1 saturated heterocycles. The summed E-state index contributed by atoms with van der Waals surface area (Å²) in [7, 11) is 0. The van der Waals surface area contributed by atoms with E-state index < -0.39 is 0 Å². The van der Waals surface area contributed by atoms with Crippen molar-refractivity contribution >= 4 is 23.1 Å². The van der Waals surface area contributed by atoms with E-state index in [1.165, 1.54) is 0 Å². The Hall–Kier alpha value is -0.680. The van der Waals surface area contributed by atoms with Crippen molar-refractivity contribution < 1.29 is 9.53 Å². The van der Waals surface area contributed by atoms with Gasteiger partial charge in [0, 0.05) is 19.1 Å². The Bertz CT molecular complexity index is 252. The molecule has 5 heteroatoms. The number of thiocarbonyl (C=S) groups is 1. The maximum atomic E-state index is 11.9. The van der Waals surface area contributed by atoms with Crippen LogP contribution in [0.25, 0.3) is 0 Å². The SMILES string of the molecule is CCCC(NC(=O)C1CCOCC1)C(N)=S. The van der Waals surface area contributed by atoms with Crippen LogP contribution in [0.2, 0.25) is 0 Å². The van der Waals surface area contributed by atoms with Crippen LogP contribution in [0.1, 0.15) is 32.6 Å². The Kier molecular flexibility index (Phi) is 5.69. The normalized spacial score (nSPS) is 19.1. The van der Waals surface area contributed by atoms with Crippen LogP contribution < -0.4 is 11.1 Å². The zero-order valence-electron chi connectivity index (χ0n) is 9.70. The fraction of sp³-hybridized carbons (Fsp3) is 0.818. The van der Waals surface area contributed by atoms with Crippen molar-refractivity contribution in [1.82, 2.24) is 5.32 Å². The highest BCUT2D eigenvalue weighted by molar-refractivity contribution is 7.80. The highest BCUT2D eigenvalue weighted by Crippen LogP contribution is 2.15. The molecule has 3 N–H and O–H groups in total. The second kappa shape index (κ2) is 6.81. The Morgan fingerprint density at radius 2 is 2.19 bits per heavy atom. The molecule has 0 bridgehead atoms. The topological polar surface area (TPSA) is 64.3 Å². The number of nitrogens with one attached hydrogen (secondary N) is 1. The molecule has 0 aromatic rings. The van der Waals surface area contributed by atoms with Crippen LogP contribution in [0, 0.1) is 5.92 Å². The van der Waals surface area contributed by atoms with Crippen LogP contribution >= 0.6 is 12.2 Å². The van der Waals surface area contributed by atoms with Crippen molar-refractivity contribution in [3.8, 4) is 0 Å². The van der Waals surface area contributed by atoms with E-state index >= 15 is 0 Å².